The van der Waals surface area contributed by atoms with Crippen LogP contribution < -0.4 is 15.5 Å². The number of benzene rings is 1. The number of aromatic nitrogens is 1. The largest absolute Gasteiger partial charge is 0.396 e. The zero-order chi connectivity index (χ0) is 15.5. The third-order valence-electron chi connectivity index (χ3n) is 4.23. The van der Waals surface area contributed by atoms with Gasteiger partial charge in [0.25, 0.3) is 0 Å². The van der Waals surface area contributed by atoms with E-state index in [2.05, 4.69) is 40.1 Å². The lowest BCUT2D eigenvalue weighted by atomic mass is 10.2. The summed E-state index contributed by atoms with van der Waals surface area (Å²) in [5, 5.41) is 9.22. The van der Waals surface area contributed by atoms with Crippen LogP contribution in [0.1, 0.15) is 12.6 Å². The summed E-state index contributed by atoms with van der Waals surface area (Å²) in [7, 11) is 0. The van der Waals surface area contributed by atoms with Gasteiger partial charge in [-0.15, -0.1) is 0 Å². The van der Waals surface area contributed by atoms with Crippen LogP contribution in [0.3, 0.4) is 0 Å². The van der Waals surface area contributed by atoms with Crippen LogP contribution in [0, 0.1) is 11.3 Å². The van der Waals surface area contributed by atoms with Crippen LogP contribution in [0.4, 0.5) is 17.2 Å². The van der Waals surface area contributed by atoms with Gasteiger partial charge in [0.1, 0.15) is 17.6 Å². The first-order valence-electron chi connectivity index (χ1n) is 7.68. The van der Waals surface area contributed by atoms with E-state index in [4.69, 9.17) is 5.73 Å². The van der Waals surface area contributed by atoms with Crippen LogP contribution in [0.15, 0.2) is 36.4 Å². The van der Waals surface area contributed by atoms with Crippen LogP contribution in [0.2, 0.25) is 0 Å². The molecule has 0 spiro atoms. The summed E-state index contributed by atoms with van der Waals surface area (Å²) < 4.78 is 2.01. The van der Waals surface area contributed by atoms with Crippen molar-refractivity contribution in [1.82, 2.24) is 4.57 Å². The number of anilines is 3. The maximum atomic E-state index is 9.22. The Labute approximate surface area is 131 Å². The first-order valence-corrected chi connectivity index (χ1v) is 7.68. The average Bonchev–Trinajstić information content (AvgIpc) is 2.91. The lowest BCUT2D eigenvalue weighted by Gasteiger charge is -2.37. The van der Waals surface area contributed by atoms with Crippen molar-refractivity contribution in [3.05, 3.63) is 42.1 Å². The van der Waals surface area contributed by atoms with Gasteiger partial charge in [0.05, 0.1) is 5.69 Å². The second-order valence-electron chi connectivity index (χ2n) is 5.47. The minimum Gasteiger partial charge on any atom is -0.396 e. The van der Waals surface area contributed by atoms with Crippen molar-refractivity contribution in [3.8, 4) is 6.07 Å². The molecule has 0 bridgehead atoms. The standard InChI is InChI=1S/C17H21N5/c1-2-22-15(13-18)12-16(19)17(22)21-10-8-20(9-11-21)14-6-4-3-5-7-14/h3-7,12H,2,8-11,19H2,1H3. The molecule has 0 unspecified atom stereocenters. The van der Waals surface area contributed by atoms with Gasteiger partial charge in [0.2, 0.25) is 0 Å². The maximum absolute atomic E-state index is 9.22. The number of rotatable bonds is 3. The Kier molecular flexibility index (Phi) is 3.92. The van der Waals surface area contributed by atoms with E-state index in [-0.39, 0.29) is 0 Å². The molecule has 0 amide bonds. The third-order valence-corrected chi connectivity index (χ3v) is 4.23. The van der Waals surface area contributed by atoms with Crippen molar-refractivity contribution in [1.29, 1.82) is 5.26 Å². The smallest absolute Gasteiger partial charge is 0.133 e. The number of nitrogen functional groups attached to an aromatic ring is 1. The van der Waals surface area contributed by atoms with Crippen LogP contribution >= 0.6 is 0 Å². The number of piperazine rings is 1. The third kappa shape index (κ3) is 2.48. The van der Waals surface area contributed by atoms with E-state index in [9.17, 15) is 5.26 Å². The van der Waals surface area contributed by atoms with Crippen molar-refractivity contribution in [3.63, 3.8) is 0 Å². The average molecular weight is 295 g/mol. The molecule has 1 aromatic carbocycles. The predicted octanol–water partition coefficient (Wildman–Crippen LogP) is 2.29. The second-order valence-corrected chi connectivity index (χ2v) is 5.47. The molecule has 0 atom stereocenters. The molecule has 2 heterocycles. The molecular formula is C17H21N5. The van der Waals surface area contributed by atoms with E-state index in [0.717, 1.165) is 38.5 Å². The molecule has 0 saturated carbocycles. The number of nitrogens with two attached hydrogens (primary N) is 1. The molecule has 1 aliphatic heterocycles. The van der Waals surface area contributed by atoms with E-state index in [1.165, 1.54) is 5.69 Å². The van der Waals surface area contributed by atoms with E-state index >= 15 is 0 Å². The van der Waals surface area contributed by atoms with Crippen molar-refractivity contribution in [2.75, 3.05) is 41.7 Å². The van der Waals surface area contributed by atoms with Gasteiger partial charge < -0.3 is 20.1 Å². The van der Waals surface area contributed by atoms with Gasteiger partial charge in [-0.05, 0) is 25.1 Å². The summed E-state index contributed by atoms with van der Waals surface area (Å²) in [6.07, 6.45) is 0. The highest BCUT2D eigenvalue weighted by Gasteiger charge is 2.23. The van der Waals surface area contributed by atoms with E-state index in [1.54, 1.807) is 6.07 Å². The number of nitrogens with zero attached hydrogens (tertiary/aromatic N) is 4. The fourth-order valence-electron chi connectivity index (χ4n) is 3.14. The van der Waals surface area contributed by atoms with E-state index in [0.29, 0.717) is 11.4 Å². The van der Waals surface area contributed by atoms with E-state index < -0.39 is 0 Å². The summed E-state index contributed by atoms with van der Waals surface area (Å²) in [5.41, 5.74) is 8.75. The SMILES string of the molecule is CCn1c(C#N)cc(N)c1N1CCN(c2ccccc2)CC1. The molecule has 114 valence electrons. The Balaban J connectivity index is 1.77. The van der Waals surface area contributed by atoms with Gasteiger partial charge in [0, 0.05) is 38.4 Å². The number of hydrogen-bond donors (Lipinski definition) is 1. The normalized spacial score (nSPS) is 14.9. The molecule has 2 aromatic rings. The monoisotopic (exact) mass is 295 g/mol. The van der Waals surface area contributed by atoms with Gasteiger partial charge >= 0.3 is 0 Å². The molecule has 1 saturated heterocycles. The topological polar surface area (TPSA) is 61.2 Å². The van der Waals surface area contributed by atoms with Gasteiger partial charge in [-0.2, -0.15) is 5.26 Å². The molecule has 0 aliphatic carbocycles. The Hall–Kier alpha value is -2.61. The molecule has 0 radical (unpaired) electrons. The highest BCUT2D eigenvalue weighted by Crippen LogP contribution is 2.29. The molecule has 22 heavy (non-hydrogen) atoms. The van der Waals surface area contributed by atoms with Gasteiger partial charge in [-0.25, -0.2) is 0 Å². The Bertz CT molecular complexity index is 675. The van der Waals surface area contributed by atoms with Gasteiger partial charge in [0.15, 0.2) is 0 Å². The Morgan fingerprint density at radius 2 is 1.73 bits per heavy atom. The molecule has 1 aliphatic rings. The minimum atomic E-state index is 0.639. The van der Waals surface area contributed by atoms with Crippen molar-refractivity contribution < 1.29 is 0 Å². The highest BCUT2D eigenvalue weighted by molar-refractivity contribution is 5.68. The van der Waals surface area contributed by atoms with E-state index in [1.807, 2.05) is 17.6 Å². The zero-order valence-electron chi connectivity index (χ0n) is 12.9. The number of nitriles is 1. The molecular weight excluding hydrogens is 274 g/mol. The Morgan fingerprint density at radius 1 is 1.09 bits per heavy atom. The molecule has 5 heteroatoms. The fourth-order valence-corrected chi connectivity index (χ4v) is 3.14. The van der Waals surface area contributed by atoms with Crippen molar-refractivity contribution >= 4 is 17.2 Å². The van der Waals surface area contributed by atoms with Crippen LogP contribution in [-0.4, -0.2) is 30.7 Å². The minimum absolute atomic E-state index is 0.639. The summed E-state index contributed by atoms with van der Waals surface area (Å²) >= 11 is 0. The fraction of sp³-hybridized carbons (Fsp3) is 0.353. The quantitative estimate of drug-likeness (QED) is 0.943. The number of hydrogen-bond acceptors (Lipinski definition) is 4. The van der Waals surface area contributed by atoms with Crippen LogP contribution in [-0.2, 0) is 6.54 Å². The zero-order valence-corrected chi connectivity index (χ0v) is 12.9. The molecule has 3 rings (SSSR count). The van der Waals surface area contributed by atoms with Crippen LogP contribution in [0.25, 0.3) is 0 Å². The lowest BCUT2D eigenvalue weighted by Crippen LogP contribution is -2.47. The molecule has 2 N–H and O–H groups in total. The summed E-state index contributed by atoms with van der Waals surface area (Å²) in [4.78, 5) is 4.68. The summed E-state index contributed by atoms with van der Waals surface area (Å²) in [5.74, 6) is 0.992. The highest BCUT2D eigenvalue weighted by atomic mass is 15.3. The van der Waals surface area contributed by atoms with Gasteiger partial charge in [-0.3, -0.25) is 0 Å². The first kappa shape index (κ1) is 14.3. The van der Waals surface area contributed by atoms with Crippen molar-refractivity contribution in [2.45, 2.75) is 13.5 Å². The maximum Gasteiger partial charge on any atom is 0.133 e. The predicted molar refractivity (Wildman–Crippen MR) is 90.1 cm³/mol. The summed E-state index contributed by atoms with van der Waals surface area (Å²) in [6, 6.07) is 14.5. The molecule has 1 fully saturated rings. The Morgan fingerprint density at radius 3 is 2.32 bits per heavy atom. The number of para-hydroxylation sites is 1. The van der Waals surface area contributed by atoms with Crippen LogP contribution in [0.5, 0.6) is 0 Å². The molecule has 1 aromatic heterocycles. The first-order chi connectivity index (χ1) is 10.7. The second kappa shape index (κ2) is 6.02. The molecule has 5 nitrogen and oxygen atoms in total. The van der Waals surface area contributed by atoms with Gasteiger partial charge in [-0.1, -0.05) is 18.2 Å². The summed E-state index contributed by atoms with van der Waals surface area (Å²) in [6.45, 7) is 6.54. The lowest BCUT2D eigenvalue weighted by molar-refractivity contribution is 0.625. The van der Waals surface area contributed by atoms with Crippen molar-refractivity contribution in [2.24, 2.45) is 0 Å².